The van der Waals surface area contributed by atoms with Gasteiger partial charge in [-0.2, -0.15) is 0 Å². The van der Waals surface area contributed by atoms with Gasteiger partial charge in [-0.3, -0.25) is 0 Å². The molecule has 0 atom stereocenters. The lowest BCUT2D eigenvalue weighted by atomic mass is 9.85. The zero-order valence-electron chi connectivity index (χ0n) is 11.6. The molecule has 0 heterocycles. The van der Waals surface area contributed by atoms with Gasteiger partial charge < -0.3 is 0 Å². The molecule has 1 rings (SSSR count). The molecule has 0 bridgehead atoms. The summed E-state index contributed by atoms with van der Waals surface area (Å²) in [7, 11) is 0. The summed E-state index contributed by atoms with van der Waals surface area (Å²) in [5.74, 6) is 2.70. The van der Waals surface area contributed by atoms with E-state index in [2.05, 4.69) is 13.8 Å². The Kier molecular flexibility index (Phi) is 7.98. The van der Waals surface area contributed by atoms with Gasteiger partial charge in [-0.1, -0.05) is 84.5 Å². The van der Waals surface area contributed by atoms with E-state index in [0.717, 1.165) is 5.92 Å². The summed E-state index contributed by atoms with van der Waals surface area (Å²) in [5.41, 5.74) is 0. The van der Waals surface area contributed by atoms with E-state index >= 15 is 0 Å². The average Bonchev–Trinajstić information content (AvgIpc) is 2.29. The number of hydrogen-bond acceptors (Lipinski definition) is 0. The van der Waals surface area contributed by atoms with Crippen LogP contribution in [0.15, 0.2) is 0 Å². The predicted octanol–water partition coefficient (Wildman–Crippen LogP) is 5.91. The standard InChI is InChI=1S/C16H31/c1-15(2)11-7-4-3-5-8-12-16-13-9-6-10-14-16/h16H,3-14H2,1-2H3. The number of unbranched alkanes of at least 4 members (excludes halogenated alkanes) is 4. The summed E-state index contributed by atoms with van der Waals surface area (Å²) >= 11 is 0. The Balaban J connectivity index is 1.80. The highest BCUT2D eigenvalue weighted by atomic mass is 14.2. The lowest BCUT2D eigenvalue weighted by molar-refractivity contribution is 0.328. The molecule has 0 aromatic carbocycles. The third kappa shape index (κ3) is 7.30. The van der Waals surface area contributed by atoms with Gasteiger partial charge in [0.05, 0.1) is 0 Å². The fourth-order valence-corrected chi connectivity index (χ4v) is 2.92. The second-order valence-electron chi connectivity index (χ2n) is 6.02. The zero-order valence-corrected chi connectivity index (χ0v) is 11.6. The molecule has 1 aliphatic rings. The van der Waals surface area contributed by atoms with Gasteiger partial charge >= 0.3 is 0 Å². The smallest absolute Gasteiger partial charge is 0.0303 e. The second-order valence-corrected chi connectivity index (χ2v) is 6.02. The number of hydrogen-bond donors (Lipinski definition) is 0. The summed E-state index contributed by atoms with van der Waals surface area (Å²) in [4.78, 5) is 0. The van der Waals surface area contributed by atoms with Crippen LogP contribution in [0, 0.1) is 11.8 Å². The maximum absolute atomic E-state index is 2.25. The van der Waals surface area contributed by atoms with E-state index in [1.807, 2.05) is 0 Å². The number of rotatable bonds is 8. The highest BCUT2D eigenvalue weighted by molar-refractivity contribution is 4.75. The van der Waals surface area contributed by atoms with Crippen LogP contribution in [0.25, 0.3) is 0 Å². The van der Waals surface area contributed by atoms with Crippen LogP contribution in [0.5, 0.6) is 0 Å². The van der Waals surface area contributed by atoms with E-state index < -0.39 is 0 Å². The molecular formula is C16H31. The third-order valence-corrected chi connectivity index (χ3v) is 4.01. The molecule has 0 heteroatoms. The molecule has 1 fully saturated rings. The minimum Gasteiger partial charge on any atom is -0.0594 e. The molecule has 95 valence electrons. The minimum atomic E-state index is 1.10. The van der Waals surface area contributed by atoms with Gasteiger partial charge in [0.15, 0.2) is 0 Å². The van der Waals surface area contributed by atoms with E-state index in [1.165, 1.54) is 77.0 Å². The molecule has 1 radical (unpaired) electrons. The van der Waals surface area contributed by atoms with Crippen molar-refractivity contribution < 1.29 is 0 Å². The summed E-state index contributed by atoms with van der Waals surface area (Å²) in [5, 5.41) is 0. The topological polar surface area (TPSA) is 0 Å². The summed E-state index contributed by atoms with van der Waals surface area (Å²) in [6.07, 6.45) is 17.8. The summed E-state index contributed by atoms with van der Waals surface area (Å²) in [6.45, 7) is 4.51. The van der Waals surface area contributed by atoms with Gasteiger partial charge in [0.2, 0.25) is 0 Å². The SMILES string of the molecule is C[C](C)CCCCCCCC1CCCCC1. The molecule has 0 saturated heterocycles. The van der Waals surface area contributed by atoms with Crippen molar-refractivity contribution in [1.82, 2.24) is 0 Å². The molecule has 0 N–H and O–H groups in total. The van der Waals surface area contributed by atoms with Crippen molar-refractivity contribution in [3.8, 4) is 0 Å². The van der Waals surface area contributed by atoms with Crippen LogP contribution < -0.4 is 0 Å². The highest BCUT2D eigenvalue weighted by Gasteiger charge is 2.12. The Morgan fingerprint density at radius 3 is 2.12 bits per heavy atom. The fourth-order valence-electron chi connectivity index (χ4n) is 2.92. The fraction of sp³-hybridized carbons (Fsp3) is 0.938. The van der Waals surface area contributed by atoms with E-state index in [9.17, 15) is 0 Å². The van der Waals surface area contributed by atoms with Gasteiger partial charge in [-0.25, -0.2) is 0 Å². The normalized spacial score (nSPS) is 18.2. The van der Waals surface area contributed by atoms with Crippen LogP contribution in [0.4, 0.5) is 0 Å². The van der Waals surface area contributed by atoms with E-state index in [4.69, 9.17) is 0 Å². The molecule has 0 aromatic rings. The van der Waals surface area contributed by atoms with Crippen molar-refractivity contribution in [2.75, 3.05) is 0 Å². The summed E-state index contributed by atoms with van der Waals surface area (Å²) in [6, 6.07) is 0. The van der Waals surface area contributed by atoms with Crippen LogP contribution >= 0.6 is 0 Å². The van der Waals surface area contributed by atoms with Crippen molar-refractivity contribution in [2.24, 2.45) is 5.92 Å². The average molecular weight is 223 g/mol. The predicted molar refractivity (Wildman–Crippen MR) is 73.5 cm³/mol. The van der Waals surface area contributed by atoms with Gasteiger partial charge in [-0.15, -0.1) is 0 Å². The van der Waals surface area contributed by atoms with Gasteiger partial charge in [0.1, 0.15) is 0 Å². The Labute approximate surface area is 103 Å². The van der Waals surface area contributed by atoms with E-state index in [1.54, 1.807) is 5.92 Å². The Morgan fingerprint density at radius 1 is 0.812 bits per heavy atom. The lowest BCUT2D eigenvalue weighted by Crippen LogP contribution is -2.05. The van der Waals surface area contributed by atoms with E-state index in [-0.39, 0.29) is 0 Å². The van der Waals surface area contributed by atoms with Crippen molar-refractivity contribution in [3.63, 3.8) is 0 Å². The van der Waals surface area contributed by atoms with Gasteiger partial charge in [-0.05, 0) is 18.3 Å². The second kappa shape index (κ2) is 9.07. The maximum Gasteiger partial charge on any atom is -0.0303 e. The summed E-state index contributed by atoms with van der Waals surface area (Å²) < 4.78 is 0. The van der Waals surface area contributed by atoms with Crippen LogP contribution in [0.3, 0.4) is 0 Å². The molecule has 16 heavy (non-hydrogen) atoms. The first-order valence-corrected chi connectivity index (χ1v) is 7.58. The lowest BCUT2D eigenvalue weighted by Gasteiger charge is -2.21. The third-order valence-electron chi connectivity index (χ3n) is 4.01. The van der Waals surface area contributed by atoms with Crippen molar-refractivity contribution in [2.45, 2.75) is 90.9 Å². The maximum atomic E-state index is 2.25. The molecule has 1 saturated carbocycles. The molecule has 0 aromatic heterocycles. The molecule has 1 aliphatic carbocycles. The Hall–Kier alpha value is 0. The molecule has 0 amide bonds. The first-order valence-electron chi connectivity index (χ1n) is 7.58. The Morgan fingerprint density at radius 2 is 1.44 bits per heavy atom. The van der Waals surface area contributed by atoms with Crippen molar-refractivity contribution in [1.29, 1.82) is 0 Å². The molecule has 0 unspecified atom stereocenters. The first kappa shape index (κ1) is 14.1. The van der Waals surface area contributed by atoms with Crippen LogP contribution in [0.1, 0.15) is 90.9 Å². The highest BCUT2D eigenvalue weighted by Crippen LogP contribution is 2.28. The zero-order chi connectivity index (χ0) is 11.6. The first-order chi connectivity index (χ1) is 7.79. The van der Waals surface area contributed by atoms with Crippen LogP contribution in [-0.4, -0.2) is 0 Å². The van der Waals surface area contributed by atoms with E-state index in [0.29, 0.717) is 0 Å². The van der Waals surface area contributed by atoms with Gasteiger partial charge in [0, 0.05) is 0 Å². The minimum absolute atomic E-state index is 1.10. The Bertz CT molecular complexity index is 142. The van der Waals surface area contributed by atoms with Crippen molar-refractivity contribution >= 4 is 0 Å². The largest absolute Gasteiger partial charge is 0.0594 e. The molecule has 0 nitrogen and oxygen atoms in total. The van der Waals surface area contributed by atoms with Gasteiger partial charge in [0.25, 0.3) is 0 Å². The molecule has 0 spiro atoms. The van der Waals surface area contributed by atoms with Crippen molar-refractivity contribution in [3.05, 3.63) is 5.92 Å². The molecular weight excluding hydrogens is 192 g/mol. The van der Waals surface area contributed by atoms with Crippen LogP contribution in [0.2, 0.25) is 0 Å². The quantitative estimate of drug-likeness (QED) is 0.449. The molecule has 0 aliphatic heterocycles. The monoisotopic (exact) mass is 223 g/mol. The van der Waals surface area contributed by atoms with Crippen LogP contribution in [-0.2, 0) is 0 Å².